The van der Waals surface area contributed by atoms with Crippen LogP contribution in [0.3, 0.4) is 0 Å². The van der Waals surface area contributed by atoms with Gasteiger partial charge >= 0.3 is 0 Å². The normalized spacial score (nSPS) is 13.8. The van der Waals surface area contributed by atoms with Gasteiger partial charge in [-0.15, -0.1) is 0 Å². The summed E-state index contributed by atoms with van der Waals surface area (Å²) in [4.78, 5) is 25.5. The van der Waals surface area contributed by atoms with Crippen LogP contribution < -0.4 is 9.46 Å². The van der Waals surface area contributed by atoms with E-state index in [-0.39, 0.29) is 28.1 Å². The quantitative estimate of drug-likeness (QED) is 0.329. The molecule has 1 aliphatic rings. The average molecular weight is 542 g/mol. The summed E-state index contributed by atoms with van der Waals surface area (Å²) < 4.78 is 36.5. The molecule has 0 saturated carbocycles. The summed E-state index contributed by atoms with van der Waals surface area (Å²) in [5, 5.41) is 16.1. The molecule has 1 amide bonds. The molecule has 0 bridgehead atoms. The number of non-ortho nitro benzene ring substituents is 1. The molecule has 11 nitrogen and oxygen atoms in total. The predicted octanol–water partition coefficient (Wildman–Crippen LogP) is 4.42. The lowest BCUT2D eigenvalue weighted by Crippen LogP contribution is -2.30. The topological polar surface area (TPSA) is 137 Å². The number of nitrogens with one attached hydrogen (secondary N) is 1. The highest BCUT2D eigenvalue weighted by Crippen LogP contribution is 2.36. The number of aromatic nitrogens is 2. The van der Waals surface area contributed by atoms with Crippen LogP contribution in [-0.4, -0.2) is 53.1 Å². The van der Waals surface area contributed by atoms with Gasteiger partial charge in [0.2, 0.25) is 15.9 Å². The molecule has 0 radical (unpaired) electrons. The molecule has 0 atom stereocenters. The largest absolute Gasteiger partial charge is 0.437 e. The van der Waals surface area contributed by atoms with Crippen LogP contribution in [0.1, 0.15) is 53.9 Å². The fourth-order valence-electron chi connectivity index (χ4n) is 4.37. The Morgan fingerprint density at radius 1 is 1.11 bits per heavy atom. The number of sulfonamides is 1. The van der Waals surface area contributed by atoms with E-state index in [1.165, 1.54) is 16.8 Å². The lowest BCUT2D eigenvalue weighted by atomic mass is 10.1. The minimum absolute atomic E-state index is 0.126. The van der Waals surface area contributed by atoms with Crippen molar-refractivity contribution in [1.82, 2.24) is 19.4 Å². The number of aryl methyl sites for hydroxylation is 2. The highest BCUT2D eigenvalue weighted by atomic mass is 32.2. The number of ether oxygens (including phenoxy) is 1. The maximum absolute atomic E-state index is 13.3. The fourth-order valence-corrected chi connectivity index (χ4v) is 5.76. The van der Waals surface area contributed by atoms with E-state index in [0.29, 0.717) is 24.3 Å². The SMILES string of the molecule is Cc1ccc(C)c(-n2nc(C(=O)N3CCCC3)c(C)c2Oc2ccc([N+](=O)[O-])cc2S(=O)(=O)NC(C)C)c1. The van der Waals surface area contributed by atoms with E-state index in [4.69, 9.17) is 4.74 Å². The minimum atomic E-state index is -4.18. The number of nitro benzene ring substituents is 1. The summed E-state index contributed by atoms with van der Waals surface area (Å²) in [6.07, 6.45) is 1.83. The summed E-state index contributed by atoms with van der Waals surface area (Å²) in [6.45, 7) is 10.1. The van der Waals surface area contributed by atoms with Gasteiger partial charge in [-0.1, -0.05) is 12.1 Å². The molecule has 1 N–H and O–H groups in total. The van der Waals surface area contributed by atoms with Crippen LogP contribution in [0.15, 0.2) is 41.3 Å². The van der Waals surface area contributed by atoms with Gasteiger partial charge in [0.15, 0.2) is 5.69 Å². The Morgan fingerprint density at radius 2 is 1.79 bits per heavy atom. The highest BCUT2D eigenvalue weighted by Gasteiger charge is 2.30. The molecule has 38 heavy (non-hydrogen) atoms. The van der Waals surface area contributed by atoms with Crippen molar-refractivity contribution in [3.63, 3.8) is 0 Å². The van der Waals surface area contributed by atoms with Gasteiger partial charge in [0.25, 0.3) is 11.6 Å². The first kappa shape index (κ1) is 27.3. The van der Waals surface area contributed by atoms with Gasteiger partial charge in [0, 0.05) is 36.8 Å². The number of benzene rings is 2. The average Bonchev–Trinajstić information content (AvgIpc) is 3.49. The van der Waals surface area contributed by atoms with Gasteiger partial charge in [-0.2, -0.15) is 9.78 Å². The number of likely N-dealkylation sites (tertiary alicyclic amines) is 1. The summed E-state index contributed by atoms with van der Waals surface area (Å²) >= 11 is 0. The molecular formula is C26H31N5O6S. The molecule has 1 aromatic heterocycles. The van der Waals surface area contributed by atoms with Crippen LogP contribution in [0, 0.1) is 30.9 Å². The Kier molecular flexibility index (Phi) is 7.56. The monoisotopic (exact) mass is 541 g/mol. The van der Waals surface area contributed by atoms with Gasteiger partial charge in [0.1, 0.15) is 10.6 Å². The number of carbonyl (C=O) groups is 1. The van der Waals surface area contributed by atoms with Crippen molar-refractivity contribution in [2.45, 2.75) is 58.4 Å². The van der Waals surface area contributed by atoms with Crippen LogP contribution in [0.2, 0.25) is 0 Å². The van der Waals surface area contributed by atoms with E-state index >= 15 is 0 Å². The maximum Gasteiger partial charge on any atom is 0.274 e. The standard InChI is InChI=1S/C26H31N5O6S/c1-16(2)28-38(35,36)23-15-20(31(33)34)10-11-22(23)37-26-19(5)24(25(32)29-12-6-7-13-29)27-30(26)21-14-17(3)8-9-18(21)4/h8-11,14-16,28H,6-7,12-13H2,1-5H3. The van der Waals surface area contributed by atoms with Gasteiger partial charge in [-0.05, 0) is 70.7 Å². The second-order valence-corrected chi connectivity index (χ2v) is 11.4. The van der Waals surface area contributed by atoms with Crippen molar-refractivity contribution in [1.29, 1.82) is 0 Å². The molecule has 2 heterocycles. The Bertz CT molecular complexity index is 1510. The van der Waals surface area contributed by atoms with Crippen LogP contribution in [0.5, 0.6) is 11.6 Å². The molecule has 0 unspecified atom stereocenters. The highest BCUT2D eigenvalue weighted by molar-refractivity contribution is 7.89. The zero-order valence-corrected chi connectivity index (χ0v) is 22.8. The first-order valence-electron chi connectivity index (χ1n) is 12.3. The zero-order chi connectivity index (χ0) is 27.8. The summed E-state index contributed by atoms with van der Waals surface area (Å²) in [5.74, 6) is -0.207. The van der Waals surface area contributed by atoms with E-state index in [9.17, 15) is 23.3 Å². The number of hydrogen-bond acceptors (Lipinski definition) is 7. The van der Waals surface area contributed by atoms with Crippen molar-refractivity contribution in [3.8, 4) is 17.3 Å². The van der Waals surface area contributed by atoms with Crippen molar-refractivity contribution >= 4 is 21.6 Å². The van der Waals surface area contributed by atoms with Crippen molar-refractivity contribution in [3.05, 3.63) is 68.9 Å². The number of nitrogens with zero attached hydrogens (tertiary/aromatic N) is 4. The number of rotatable bonds is 8. The molecule has 2 aromatic carbocycles. The number of amides is 1. The van der Waals surface area contributed by atoms with Crippen LogP contribution in [-0.2, 0) is 10.0 Å². The van der Waals surface area contributed by atoms with E-state index in [2.05, 4.69) is 9.82 Å². The Hall–Kier alpha value is -3.77. The van der Waals surface area contributed by atoms with E-state index in [0.717, 1.165) is 30.0 Å². The van der Waals surface area contributed by atoms with E-state index in [1.54, 1.807) is 25.7 Å². The Labute approximate surface area is 221 Å². The molecule has 1 fully saturated rings. The molecule has 202 valence electrons. The lowest BCUT2D eigenvalue weighted by Gasteiger charge is -2.16. The van der Waals surface area contributed by atoms with Crippen LogP contribution in [0.4, 0.5) is 5.69 Å². The molecule has 12 heteroatoms. The predicted molar refractivity (Wildman–Crippen MR) is 142 cm³/mol. The first-order valence-corrected chi connectivity index (χ1v) is 13.8. The van der Waals surface area contributed by atoms with Gasteiger partial charge < -0.3 is 9.64 Å². The first-order chi connectivity index (χ1) is 17.9. The van der Waals surface area contributed by atoms with Gasteiger partial charge in [-0.3, -0.25) is 14.9 Å². The smallest absolute Gasteiger partial charge is 0.274 e. The summed E-state index contributed by atoms with van der Waals surface area (Å²) in [7, 11) is -4.18. The van der Waals surface area contributed by atoms with Crippen molar-refractivity contribution in [2.24, 2.45) is 0 Å². The molecule has 0 spiro atoms. The van der Waals surface area contributed by atoms with Gasteiger partial charge in [0.05, 0.1) is 10.6 Å². The molecule has 0 aliphatic carbocycles. The second kappa shape index (κ2) is 10.5. The minimum Gasteiger partial charge on any atom is -0.437 e. The number of carbonyl (C=O) groups excluding carboxylic acids is 1. The third-order valence-corrected chi connectivity index (χ3v) is 7.96. The molecule has 3 aromatic rings. The Morgan fingerprint density at radius 3 is 2.42 bits per heavy atom. The number of nitro groups is 1. The lowest BCUT2D eigenvalue weighted by molar-refractivity contribution is -0.385. The maximum atomic E-state index is 13.3. The Balaban J connectivity index is 1.91. The summed E-state index contributed by atoms with van der Waals surface area (Å²) in [6, 6.07) is 8.69. The van der Waals surface area contributed by atoms with E-state index in [1.807, 2.05) is 32.0 Å². The third-order valence-electron chi connectivity index (χ3n) is 6.28. The van der Waals surface area contributed by atoms with Gasteiger partial charge in [-0.25, -0.2) is 13.1 Å². The van der Waals surface area contributed by atoms with Crippen molar-refractivity contribution in [2.75, 3.05) is 13.1 Å². The second-order valence-electron chi connectivity index (χ2n) is 9.75. The molecule has 1 saturated heterocycles. The zero-order valence-electron chi connectivity index (χ0n) is 22.0. The molecular weight excluding hydrogens is 510 g/mol. The molecule has 1 aliphatic heterocycles. The van der Waals surface area contributed by atoms with Crippen LogP contribution in [0.25, 0.3) is 5.69 Å². The van der Waals surface area contributed by atoms with Crippen LogP contribution >= 0.6 is 0 Å². The molecule has 4 rings (SSSR count). The number of hydrogen-bond donors (Lipinski definition) is 1. The summed E-state index contributed by atoms with van der Waals surface area (Å²) in [5.41, 5.74) is 2.72. The van der Waals surface area contributed by atoms with E-state index < -0.39 is 26.7 Å². The van der Waals surface area contributed by atoms with Crippen molar-refractivity contribution < 1.29 is 22.9 Å². The fraction of sp³-hybridized carbons (Fsp3) is 0.385. The third kappa shape index (κ3) is 5.41.